The van der Waals surface area contributed by atoms with Crippen LogP contribution in [-0.2, 0) is 5.41 Å². The highest BCUT2D eigenvalue weighted by molar-refractivity contribution is 5.91. The van der Waals surface area contributed by atoms with E-state index in [0.717, 1.165) is 50.2 Å². The van der Waals surface area contributed by atoms with E-state index in [1.54, 1.807) is 18.4 Å². The van der Waals surface area contributed by atoms with Gasteiger partial charge in [0.15, 0.2) is 5.76 Å². The van der Waals surface area contributed by atoms with Gasteiger partial charge in [-0.3, -0.25) is 9.69 Å². The van der Waals surface area contributed by atoms with E-state index in [2.05, 4.69) is 71.0 Å². The van der Waals surface area contributed by atoms with Crippen molar-refractivity contribution < 1.29 is 9.21 Å². The SMILES string of the molecule is Cc1nc2ccccc2n1C1CC2CCC(C1)N2CCC1(c2ccccc2)CCN(C(=O)c2ccco2)CC1. The fraction of sp³-hybridized carbons (Fsp3) is 0.455. The summed E-state index contributed by atoms with van der Waals surface area (Å²) in [6, 6.07) is 25.0. The van der Waals surface area contributed by atoms with Crippen LogP contribution in [0.4, 0.5) is 0 Å². The van der Waals surface area contributed by atoms with Crippen LogP contribution in [0.2, 0.25) is 0 Å². The lowest BCUT2D eigenvalue weighted by Gasteiger charge is -2.45. The number of para-hydroxylation sites is 2. The van der Waals surface area contributed by atoms with Gasteiger partial charge in [0.25, 0.3) is 5.91 Å². The molecule has 5 heterocycles. The number of hydrogen-bond acceptors (Lipinski definition) is 4. The molecule has 3 fully saturated rings. The second-order valence-corrected chi connectivity index (χ2v) is 11.9. The Balaban J connectivity index is 1.07. The summed E-state index contributed by atoms with van der Waals surface area (Å²) < 4.78 is 7.93. The third-order valence-corrected chi connectivity index (χ3v) is 9.97. The quantitative estimate of drug-likeness (QED) is 0.295. The molecule has 39 heavy (non-hydrogen) atoms. The molecule has 3 aliphatic heterocycles. The molecule has 2 bridgehead atoms. The molecule has 202 valence electrons. The molecule has 3 saturated heterocycles. The van der Waals surface area contributed by atoms with Crippen molar-refractivity contribution in [1.82, 2.24) is 19.4 Å². The Labute approximate surface area is 230 Å². The molecular weight excluding hydrogens is 484 g/mol. The number of aryl methyl sites for hydroxylation is 1. The van der Waals surface area contributed by atoms with E-state index in [1.165, 1.54) is 36.8 Å². The summed E-state index contributed by atoms with van der Waals surface area (Å²) in [5.74, 6) is 1.61. The molecule has 4 aromatic rings. The van der Waals surface area contributed by atoms with E-state index in [-0.39, 0.29) is 11.3 Å². The average Bonchev–Trinajstić information content (AvgIpc) is 3.68. The standard InChI is InChI=1S/C33H38N4O2/c1-24-34-29-10-5-6-11-30(29)37(24)28-22-26-13-14-27(23-28)36(26)20-17-33(25-8-3-2-4-9-25)15-18-35(19-16-33)32(38)31-12-7-21-39-31/h2-12,21,26-28H,13-20,22-23H2,1H3. The third kappa shape index (κ3) is 4.39. The Kier molecular flexibility index (Phi) is 6.31. The molecule has 2 aromatic heterocycles. The molecule has 2 atom stereocenters. The summed E-state index contributed by atoms with van der Waals surface area (Å²) in [4.78, 5) is 22.6. The minimum absolute atomic E-state index is 0.0177. The Hall–Kier alpha value is -3.38. The molecule has 0 saturated carbocycles. The van der Waals surface area contributed by atoms with Crippen molar-refractivity contribution in [2.24, 2.45) is 0 Å². The Morgan fingerprint density at radius 2 is 1.64 bits per heavy atom. The number of nitrogens with zero attached hydrogens (tertiary/aromatic N) is 4. The predicted molar refractivity (Wildman–Crippen MR) is 153 cm³/mol. The van der Waals surface area contributed by atoms with E-state index < -0.39 is 0 Å². The molecule has 6 nitrogen and oxygen atoms in total. The van der Waals surface area contributed by atoms with Crippen molar-refractivity contribution in [3.05, 3.63) is 90.1 Å². The van der Waals surface area contributed by atoms with Crippen LogP contribution in [-0.4, -0.2) is 57.0 Å². The largest absolute Gasteiger partial charge is 0.459 e. The summed E-state index contributed by atoms with van der Waals surface area (Å²) in [7, 11) is 0. The number of furan rings is 1. The highest BCUT2D eigenvalue weighted by atomic mass is 16.3. The van der Waals surface area contributed by atoms with Crippen molar-refractivity contribution in [2.75, 3.05) is 19.6 Å². The molecular formula is C33H38N4O2. The molecule has 0 aliphatic carbocycles. The number of benzene rings is 2. The van der Waals surface area contributed by atoms with Gasteiger partial charge in [0.05, 0.1) is 17.3 Å². The topological polar surface area (TPSA) is 54.5 Å². The lowest BCUT2D eigenvalue weighted by Crippen LogP contribution is -2.49. The average molecular weight is 523 g/mol. The van der Waals surface area contributed by atoms with E-state index in [9.17, 15) is 4.79 Å². The Morgan fingerprint density at radius 1 is 0.923 bits per heavy atom. The Morgan fingerprint density at radius 3 is 2.36 bits per heavy atom. The monoisotopic (exact) mass is 522 g/mol. The number of imidazole rings is 1. The van der Waals surface area contributed by atoms with Gasteiger partial charge in [-0.2, -0.15) is 0 Å². The van der Waals surface area contributed by atoms with Crippen LogP contribution >= 0.6 is 0 Å². The minimum Gasteiger partial charge on any atom is -0.459 e. The maximum Gasteiger partial charge on any atom is 0.289 e. The van der Waals surface area contributed by atoms with Crippen molar-refractivity contribution >= 4 is 16.9 Å². The van der Waals surface area contributed by atoms with Crippen LogP contribution < -0.4 is 0 Å². The number of carbonyl (C=O) groups excluding carboxylic acids is 1. The van der Waals surface area contributed by atoms with Crippen molar-refractivity contribution in [3.8, 4) is 0 Å². The summed E-state index contributed by atoms with van der Waals surface area (Å²) in [6.45, 7) is 4.85. The van der Waals surface area contributed by atoms with Gasteiger partial charge in [-0.05, 0) is 93.7 Å². The van der Waals surface area contributed by atoms with Crippen molar-refractivity contribution in [3.63, 3.8) is 0 Å². The first-order valence-corrected chi connectivity index (χ1v) is 14.7. The number of aromatic nitrogens is 2. The molecule has 7 rings (SSSR count). The van der Waals surface area contributed by atoms with Crippen LogP contribution in [0.3, 0.4) is 0 Å². The van der Waals surface area contributed by atoms with Crippen LogP contribution in [0.25, 0.3) is 11.0 Å². The second-order valence-electron chi connectivity index (χ2n) is 11.9. The lowest BCUT2D eigenvalue weighted by molar-refractivity contribution is 0.0580. The van der Waals surface area contributed by atoms with Crippen molar-refractivity contribution in [1.29, 1.82) is 0 Å². The van der Waals surface area contributed by atoms with E-state index in [0.29, 0.717) is 23.9 Å². The van der Waals surface area contributed by atoms with Gasteiger partial charge in [0.1, 0.15) is 5.82 Å². The zero-order chi connectivity index (χ0) is 26.4. The summed E-state index contributed by atoms with van der Waals surface area (Å²) in [6.07, 6.45) is 9.74. The van der Waals surface area contributed by atoms with Gasteiger partial charge in [-0.1, -0.05) is 42.5 Å². The number of rotatable bonds is 6. The molecule has 2 unspecified atom stereocenters. The van der Waals surface area contributed by atoms with E-state index >= 15 is 0 Å². The minimum atomic E-state index is 0.0177. The fourth-order valence-corrected chi connectivity index (χ4v) is 7.96. The molecule has 1 amide bonds. The summed E-state index contributed by atoms with van der Waals surface area (Å²) >= 11 is 0. The molecule has 2 aromatic carbocycles. The van der Waals surface area contributed by atoms with Crippen molar-refractivity contribution in [2.45, 2.75) is 75.4 Å². The van der Waals surface area contributed by atoms with Gasteiger partial charge in [0.2, 0.25) is 0 Å². The van der Waals surface area contributed by atoms with E-state index in [1.807, 2.05) is 4.90 Å². The summed E-state index contributed by atoms with van der Waals surface area (Å²) in [5, 5.41) is 0. The number of amides is 1. The summed E-state index contributed by atoms with van der Waals surface area (Å²) in [5.41, 5.74) is 3.94. The molecule has 3 aliphatic rings. The predicted octanol–water partition coefficient (Wildman–Crippen LogP) is 6.37. The zero-order valence-electron chi connectivity index (χ0n) is 22.8. The van der Waals surface area contributed by atoms with Gasteiger partial charge in [0, 0.05) is 31.2 Å². The number of carbonyl (C=O) groups is 1. The Bertz CT molecular complexity index is 1420. The molecule has 0 spiro atoms. The van der Waals surface area contributed by atoms with Crippen LogP contribution in [0.15, 0.2) is 77.4 Å². The number of hydrogen-bond donors (Lipinski definition) is 0. The molecule has 0 radical (unpaired) electrons. The first-order chi connectivity index (χ1) is 19.1. The highest BCUT2D eigenvalue weighted by Gasteiger charge is 2.44. The molecule has 6 heteroatoms. The smallest absolute Gasteiger partial charge is 0.289 e. The van der Waals surface area contributed by atoms with Crippen LogP contribution in [0.1, 0.15) is 72.9 Å². The first kappa shape index (κ1) is 24.6. The van der Waals surface area contributed by atoms with Crippen LogP contribution in [0.5, 0.6) is 0 Å². The van der Waals surface area contributed by atoms with Gasteiger partial charge < -0.3 is 13.9 Å². The maximum absolute atomic E-state index is 13.0. The van der Waals surface area contributed by atoms with Gasteiger partial charge in [-0.15, -0.1) is 0 Å². The second kappa shape index (κ2) is 9.98. The maximum atomic E-state index is 13.0. The third-order valence-electron chi connectivity index (χ3n) is 9.97. The van der Waals surface area contributed by atoms with Gasteiger partial charge in [-0.25, -0.2) is 4.98 Å². The number of fused-ring (bicyclic) bond motifs is 3. The number of likely N-dealkylation sites (tertiary alicyclic amines) is 1. The van der Waals surface area contributed by atoms with E-state index in [4.69, 9.17) is 9.40 Å². The van der Waals surface area contributed by atoms with Gasteiger partial charge >= 0.3 is 0 Å². The fourth-order valence-electron chi connectivity index (χ4n) is 7.96. The first-order valence-electron chi connectivity index (χ1n) is 14.7. The molecule has 0 N–H and O–H groups in total. The highest BCUT2D eigenvalue weighted by Crippen LogP contribution is 2.45. The zero-order valence-corrected chi connectivity index (χ0v) is 22.8. The normalized spacial score (nSPS) is 24.8. The lowest BCUT2D eigenvalue weighted by atomic mass is 9.70. The number of piperidine rings is 2. The van der Waals surface area contributed by atoms with Crippen LogP contribution in [0, 0.1) is 6.92 Å².